The molecule has 0 aliphatic rings. The lowest BCUT2D eigenvalue weighted by Crippen LogP contribution is -2.03. The van der Waals surface area contributed by atoms with Gasteiger partial charge < -0.3 is 10.9 Å². The van der Waals surface area contributed by atoms with E-state index in [-0.39, 0.29) is 12.1 Å². The van der Waals surface area contributed by atoms with E-state index in [1.807, 2.05) is 13.8 Å². The summed E-state index contributed by atoms with van der Waals surface area (Å²) in [4.78, 5) is 10.6. The van der Waals surface area contributed by atoms with Crippen molar-refractivity contribution in [2.24, 2.45) is 0 Å². The van der Waals surface area contributed by atoms with Gasteiger partial charge in [-0.25, -0.2) is 0 Å². The van der Waals surface area contributed by atoms with E-state index in [1.165, 1.54) is 0 Å². The number of esters is 1. The van der Waals surface area contributed by atoms with Crippen LogP contribution in [0.15, 0.2) is 0 Å². The molecule has 0 fully saturated rings. The zero-order chi connectivity index (χ0) is 7.11. The van der Waals surface area contributed by atoms with E-state index < -0.39 is 0 Å². The molecule has 0 rings (SSSR count). The molecule has 0 saturated heterocycles. The summed E-state index contributed by atoms with van der Waals surface area (Å²) in [5.74, 6) is -0.0700. The van der Waals surface area contributed by atoms with Crippen molar-refractivity contribution in [2.45, 2.75) is 33.1 Å². The first-order valence-corrected chi connectivity index (χ1v) is 3.46. The van der Waals surface area contributed by atoms with Crippen LogP contribution in [-0.2, 0) is 9.53 Å². The zero-order valence-corrected chi connectivity index (χ0v) is 6.85. The molecule has 0 atom stereocenters. The fraction of sp³-hybridized carbons (Fsp3) is 0.857. The molecule has 62 valence electrons. The number of hydrogen-bond acceptors (Lipinski definition) is 3. The van der Waals surface area contributed by atoms with Crippen LogP contribution in [0.4, 0.5) is 0 Å². The van der Waals surface area contributed by atoms with Gasteiger partial charge in [0.1, 0.15) is 0 Å². The molecule has 0 bridgehead atoms. The number of ether oxygens (including phenoxy) is 1. The van der Waals surface area contributed by atoms with Gasteiger partial charge in [-0.1, -0.05) is 13.8 Å². The second-order valence-corrected chi connectivity index (χ2v) is 1.97. The highest BCUT2D eigenvalue weighted by molar-refractivity contribution is 5.69. The third-order valence-electron chi connectivity index (χ3n) is 0.921. The molecule has 3 N–H and O–H groups in total. The first-order valence-electron chi connectivity index (χ1n) is 3.46. The normalized spacial score (nSPS) is 8.20. The lowest BCUT2D eigenvalue weighted by atomic mass is 10.3. The molecule has 0 aromatic heterocycles. The Bertz CT molecular complexity index is 83.7. The molecule has 0 unspecified atom stereocenters. The molecule has 3 nitrogen and oxygen atoms in total. The Kier molecular flexibility index (Phi) is 10.2. The number of carbonyl (C=O) groups excluding carboxylic acids is 1. The average Bonchev–Trinajstić information content (AvgIpc) is 1.85. The van der Waals surface area contributed by atoms with Gasteiger partial charge in [0, 0.05) is 6.42 Å². The summed E-state index contributed by atoms with van der Waals surface area (Å²) >= 11 is 0. The van der Waals surface area contributed by atoms with E-state index in [0.29, 0.717) is 13.0 Å². The van der Waals surface area contributed by atoms with Crippen LogP contribution in [0.1, 0.15) is 33.1 Å². The first-order chi connectivity index (χ1) is 4.31. The van der Waals surface area contributed by atoms with Gasteiger partial charge in [-0.05, 0) is 12.8 Å². The summed E-state index contributed by atoms with van der Waals surface area (Å²) < 4.78 is 4.79. The predicted molar refractivity (Wildman–Crippen MR) is 41.2 cm³/mol. The Morgan fingerprint density at radius 3 is 2.30 bits per heavy atom. The van der Waals surface area contributed by atoms with Crippen molar-refractivity contribution in [1.29, 1.82) is 0 Å². The molecule has 0 spiro atoms. The number of rotatable bonds is 4. The van der Waals surface area contributed by atoms with E-state index in [2.05, 4.69) is 0 Å². The van der Waals surface area contributed by atoms with Gasteiger partial charge in [-0.2, -0.15) is 0 Å². The van der Waals surface area contributed by atoms with Crippen molar-refractivity contribution in [3.05, 3.63) is 0 Å². The third kappa shape index (κ3) is 7.43. The summed E-state index contributed by atoms with van der Waals surface area (Å²) in [6.07, 6.45) is 2.35. The molecule has 0 aliphatic heterocycles. The Labute approximate surface area is 62.3 Å². The second kappa shape index (κ2) is 8.43. The maximum absolute atomic E-state index is 10.6. The minimum Gasteiger partial charge on any atom is -0.466 e. The Hall–Kier alpha value is -0.570. The van der Waals surface area contributed by atoms with E-state index in [4.69, 9.17) is 4.74 Å². The highest BCUT2D eigenvalue weighted by atomic mass is 16.5. The summed E-state index contributed by atoms with van der Waals surface area (Å²) in [5, 5.41) is 0. The Morgan fingerprint density at radius 2 is 1.90 bits per heavy atom. The first kappa shape index (κ1) is 12.1. The molecular formula is C7H17NO2. The fourth-order valence-electron chi connectivity index (χ4n) is 0.492. The molecule has 10 heavy (non-hydrogen) atoms. The van der Waals surface area contributed by atoms with Crippen molar-refractivity contribution in [3.63, 3.8) is 0 Å². The zero-order valence-electron chi connectivity index (χ0n) is 6.85. The highest BCUT2D eigenvalue weighted by Gasteiger charge is 1.96. The highest BCUT2D eigenvalue weighted by Crippen LogP contribution is 1.91. The van der Waals surface area contributed by atoms with Crippen LogP contribution >= 0.6 is 0 Å². The monoisotopic (exact) mass is 147 g/mol. The quantitative estimate of drug-likeness (QED) is 0.618. The van der Waals surface area contributed by atoms with Crippen LogP contribution in [0.3, 0.4) is 0 Å². The molecule has 0 saturated carbocycles. The molecule has 3 heteroatoms. The molecule has 0 aromatic rings. The minimum absolute atomic E-state index is 0. The van der Waals surface area contributed by atoms with E-state index in [9.17, 15) is 4.79 Å². The van der Waals surface area contributed by atoms with Crippen molar-refractivity contribution in [2.75, 3.05) is 6.61 Å². The summed E-state index contributed by atoms with van der Waals surface area (Å²) in [6.45, 7) is 4.52. The van der Waals surface area contributed by atoms with Gasteiger partial charge in [-0.15, -0.1) is 0 Å². The van der Waals surface area contributed by atoms with Gasteiger partial charge in [-0.3, -0.25) is 4.79 Å². The van der Waals surface area contributed by atoms with Crippen LogP contribution in [0.2, 0.25) is 0 Å². The molecule has 0 amide bonds. The van der Waals surface area contributed by atoms with Crippen LogP contribution in [0, 0.1) is 0 Å². The molecule has 0 aromatic carbocycles. The van der Waals surface area contributed by atoms with Gasteiger partial charge >= 0.3 is 5.97 Å². The molecule has 0 radical (unpaired) electrons. The maximum Gasteiger partial charge on any atom is 0.305 e. The van der Waals surface area contributed by atoms with Gasteiger partial charge in [0.15, 0.2) is 0 Å². The lowest BCUT2D eigenvalue weighted by Gasteiger charge is -1.99. The summed E-state index contributed by atoms with van der Waals surface area (Å²) in [6, 6.07) is 0. The minimum atomic E-state index is -0.0700. The largest absolute Gasteiger partial charge is 0.466 e. The lowest BCUT2D eigenvalue weighted by molar-refractivity contribution is -0.143. The van der Waals surface area contributed by atoms with Gasteiger partial charge in [0.2, 0.25) is 0 Å². The Balaban J connectivity index is 0. The van der Waals surface area contributed by atoms with Crippen molar-refractivity contribution in [3.8, 4) is 0 Å². The van der Waals surface area contributed by atoms with Crippen LogP contribution in [0.5, 0.6) is 0 Å². The fourth-order valence-corrected chi connectivity index (χ4v) is 0.492. The van der Waals surface area contributed by atoms with Crippen molar-refractivity contribution < 1.29 is 9.53 Å². The summed E-state index contributed by atoms with van der Waals surface area (Å²) in [5.41, 5.74) is 0. The number of hydrogen-bond donors (Lipinski definition) is 1. The molecule has 0 aliphatic carbocycles. The van der Waals surface area contributed by atoms with Crippen molar-refractivity contribution in [1.82, 2.24) is 6.15 Å². The predicted octanol–water partition coefficient (Wildman–Crippen LogP) is 1.90. The topological polar surface area (TPSA) is 61.3 Å². The summed E-state index contributed by atoms with van der Waals surface area (Å²) in [7, 11) is 0. The SMILES string of the molecule is CCCOC(=O)CCC.N. The number of carbonyl (C=O) groups is 1. The molecule has 0 heterocycles. The van der Waals surface area contributed by atoms with E-state index in [1.54, 1.807) is 0 Å². The molecular weight excluding hydrogens is 130 g/mol. The second-order valence-electron chi connectivity index (χ2n) is 1.97. The van der Waals surface area contributed by atoms with E-state index in [0.717, 1.165) is 12.8 Å². The van der Waals surface area contributed by atoms with Crippen molar-refractivity contribution >= 4 is 5.97 Å². The van der Waals surface area contributed by atoms with Crippen LogP contribution in [0.25, 0.3) is 0 Å². The van der Waals surface area contributed by atoms with E-state index >= 15 is 0 Å². The standard InChI is InChI=1S/C7H14O2.H3N/c1-3-5-7(8)9-6-4-2;/h3-6H2,1-2H3;1H3. The smallest absolute Gasteiger partial charge is 0.305 e. The van der Waals surface area contributed by atoms with Gasteiger partial charge in [0.05, 0.1) is 6.61 Å². The van der Waals surface area contributed by atoms with Gasteiger partial charge in [0.25, 0.3) is 0 Å². The Morgan fingerprint density at radius 1 is 1.30 bits per heavy atom. The third-order valence-corrected chi connectivity index (χ3v) is 0.921. The maximum atomic E-state index is 10.6. The van der Waals surface area contributed by atoms with Crippen LogP contribution in [-0.4, -0.2) is 12.6 Å². The van der Waals surface area contributed by atoms with Crippen LogP contribution < -0.4 is 6.15 Å². The average molecular weight is 147 g/mol.